The van der Waals surface area contributed by atoms with E-state index in [-0.39, 0.29) is 17.4 Å². The summed E-state index contributed by atoms with van der Waals surface area (Å²) < 4.78 is 0. The molecule has 0 unspecified atom stereocenters. The standard InChI is InChI=1S/C12H18N2O4/c1-13-10(12(18)14(2)3)11(17)7-4-5-8(15)9(16)6-7/h4-6,10-11,13,15-17H,1-3H3/t10-,11+/m1/s1. The SMILES string of the molecule is CN[C@@H](C(=O)N(C)C)[C@@H](O)c1ccc(O)c(O)c1. The van der Waals surface area contributed by atoms with Gasteiger partial charge in [-0.25, -0.2) is 0 Å². The monoisotopic (exact) mass is 254 g/mol. The number of hydrogen-bond donors (Lipinski definition) is 4. The van der Waals surface area contributed by atoms with Gasteiger partial charge in [0.1, 0.15) is 12.1 Å². The number of nitrogens with zero attached hydrogens (tertiary/aromatic N) is 1. The fourth-order valence-corrected chi connectivity index (χ4v) is 1.61. The van der Waals surface area contributed by atoms with Gasteiger partial charge in [-0.2, -0.15) is 0 Å². The molecule has 6 heteroatoms. The molecule has 18 heavy (non-hydrogen) atoms. The minimum atomic E-state index is -1.11. The third-order valence-corrected chi connectivity index (χ3v) is 2.67. The highest BCUT2D eigenvalue weighted by Gasteiger charge is 2.28. The van der Waals surface area contributed by atoms with Crippen LogP contribution in [0.4, 0.5) is 0 Å². The fraction of sp³-hybridized carbons (Fsp3) is 0.417. The average molecular weight is 254 g/mol. The van der Waals surface area contributed by atoms with Crippen LogP contribution in [0.25, 0.3) is 0 Å². The van der Waals surface area contributed by atoms with Crippen molar-refractivity contribution in [3.05, 3.63) is 23.8 Å². The molecule has 100 valence electrons. The van der Waals surface area contributed by atoms with Gasteiger partial charge in [0.25, 0.3) is 0 Å². The number of phenols is 2. The van der Waals surface area contributed by atoms with E-state index < -0.39 is 12.1 Å². The number of amides is 1. The molecule has 6 nitrogen and oxygen atoms in total. The molecule has 0 fully saturated rings. The van der Waals surface area contributed by atoms with Crippen LogP contribution in [0.15, 0.2) is 18.2 Å². The average Bonchev–Trinajstić information content (AvgIpc) is 2.33. The smallest absolute Gasteiger partial charge is 0.242 e. The van der Waals surface area contributed by atoms with E-state index in [2.05, 4.69) is 5.32 Å². The van der Waals surface area contributed by atoms with E-state index in [1.54, 1.807) is 21.1 Å². The van der Waals surface area contributed by atoms with Crippen LogP contribution in [0, 0.1) is 0 Å². The predicted molar refractivity (Wildman–Crippen MR) is 66.3 cm³/mol. The van der Waals surface area contributed by atoms with Gasteiger partial charge in [0.05, 0.1) is 0 Å². The molecule has 0 saturated carbocycles. The molecule has 0 spiro atoms. The van der Waals surface area contributed by atoms with Crippen molar-refractivity contribution in [3.63, 3.8) is 0 Å². The number of aliphatic hydroxyl groups is 1. The highest BCUT2D eigenvalue weighted by molar-refractivity contribution is 5.82. The Morgan fingerprint density at radius 3 is 2.33 bits per heavy atom. The van der Waals surface area contributed by atoms with Crippen molar-refractivity contribution < 1.29 is 20.1 Å². The Balaban J connectivity index is 2.99. The normalized spacial score (nSPS) is 14.0. The molecule has 4 N–H and O–H groups in total. The lowest BCUT2D eigenvalue weighted by molar-refractivity contribution is -0.133. The number of aromatic hydroxyl groups is 2. The number of rotatable bonds is 4. The molecular formula is C12H18N2O4. The Kier molecular flexibility index (Phi) is 4.52. The molecule has 0 aliphatic carbocycles. The van der Waals surface area contributed by atoms with E-state index >= 15 is 0 Å². The third-order valence-electron chi connectivity index (χ3n) is 2.67. The van der Waals surface area contributed by atoms with Crippen LogP contribution in [0.3, 0.4) is 0 Å². The zero-order valence-electron chi connectivity index (χ0n) is 10.6. The van der Waals surface area contributed by atoms with Crippen molar-refractivity contribution >= 4 is 5.91 Å². The van der Waals surface area contributed by atoms with E-state index in [0.717, 1.165) is 0 Å². The Morgan fingerprint density at radius 2 is 1.89 bits per heavy atom. The molecular weight excluding hydrogens is 236 g/mol. The van der Waals surface area contributed by atoms with Crippen LogP contribution in [-0.2, 0) is 4.79 Å². The van der Waals surface area contributed by atoms with Gasteiger partial charge >= 0.3 is 0 Å². The van der Waals surface area contributed by atoms with Crippen molar-refractivity contribution in [2.45, 2.75) is 12.1 Å². The van der Waals surface area contributed by atoms with Gasteiger partial charge in [0.15, 0.2) is 11.5 Å². The van der Waals surface area contributed by atoms with Crippen molar-refractivity contribution in [1.29, 1.82) is 0 Å². The zero-order chi connectivity index (χ0) is 13.9. The predicted octanol–water partition coefficient (Wildman–Crippen LogP) is -0.193. The largest absolute Gasteiger partial charge is 0.504 e. The van der Waals surface area contributed by atoms with Crippen LogP contribution in [0.2, 0.25) is 0 Å². The number of hydrogen-bond acceptors (Lipinski definition) is 5. The molecule has 0 bridgehead atoms. The third kappa shape index (κ3) is 2.91. The van der Waals surface area contributed by atoms with Gasteiger partial charge < -0.3 is 25.5 Å². The van der Waals surface area contributed by atoms with Crippen molar-refractivity contribution in [3.8, 4) is 11.5 Å². The number of nitrogens with one attached hydrogen (secondary N) is 1. The van der Waals surface area contributed by atoms with E-state index in [1.165, 1.54) is 23.1 Å². The van der Waals surface area contributed by atoms with Crippen LogP contribution in [0.1, 0.15) is 11.7 Å². The second kappa shape index (κ2) is 5.70. The summed E-state index contributed by atoms with van der Waals surface area (Å²) in [5, 5.41) is 31.4. The van der Waals surface area contributed by atoms with Crippen LogP contribution in [0.5, 0.6) is 11.5 Å². The van der Waals surface area contributed by atoms with Crippen LogP contribution in [-0.4, -0.2) is 53.3 Å². The second-order valence-electron chi connectivity index (χ2n) is 4.19. The van der Waals surface area contributed by atoms with Gasteiger partial charge in [0, 0.05) is 14.1 Å². The van der Waals surface area contributed by atoms with E-state index in [9.17, 15) is 20.1 Å². The van der Waals surface area contributed by atoms with Gasteiger partial charge in [-0.15, -0.1) is 0 Å². The number of phenolic OH excluding ortho intramolecular Hbond substituents is 2. The summed E-state index contributed by atoms with van der Waals surface area (Å²) >= 11 is 0. The molecule has 0 aliphatic rings. The number of carbonyl (C=O) groups excluding carboxylic acids is 1. The Labute approximate surface area is 105 Å². The summed E-state index contributed by atoms with van der Waals surface area (Å²) in [5.41, 5.74) is 0.347. The quantitative estimate of drug-likeness (QED) is 0.559. The molecule has 0 aromatic heterocycles. The first kappa shape index (κ1) is 14.3. The summed E-state index contributed by atoms with van der Waals surface area (Å²) in [7, 11) is 4.75. The van der Waals surface area contributed by atoms with Crippen molar-refractivity contribution in [1.82, 2.24) is 10.2 Å². The van der Waals surface area contributed by atoms with Crippen molar-refractivity contribution in [2.24, 2.45) is 0 Å². The lowest BCUT2D eigenvalue weighted by Gasteiger charge is -2.25. The molecule has 0 saturated heterocycles. The summed E-state index contributed by atoms with van der Waals surface area (Å²) in [4.78, 5) is 13.2. The minimum absolute atomic E-state index is 0.272. The first-order valence-electron chi connectivity index (χ1n) is 5.46. The molecule has 1 aromatic rings. The van der Waals surface area contributed by atoms with E-state index in [0.29, 0.717) is 5.56 Å². The molecule has 0 aliphatic heterocycles. The summed E-state index contributed by atoms with van der Waals surface area (Å²) in [6, 6.07) is 3.13. The summed E-state index contributed by atoms with van der Waals surface area (Å²) in [6.07, 6.45) is -1.11. The van der Waals surface area contributed by atoms with Crippen molar-refractivity contribution in [2.75, 3.05) is 21.1 Å². The zero-order valence-corrected chi connectivity index (χ0v) is 10.6. The fourth-order valence-electron chi connectivity index (χ4n) is 1.61. The van der Waals surface area contributed by atoms with E-state index in [4.69, 9.17) is 0 Å². The first-order chi connectivity index (χ1) is 8.38. The molecule has 1 amide bonds. The first-order valence-corrected chi connectivity index (χ1v) is 5.46. The second-order valence-corrected chi connectivity index (χ2v) is 4.19. The maximum atomic E-state index is 11.8. The Hall–Kier alpha value is -1.79. The highest BCUT2D eigenvalue weighted by Crippen LogP contribution is 2.29. The van der Waals surface area contributed by atoms with E-state index in [1.807, 2.05) is 0 Å². The summed E-state index contributed by atoms with van der Waals surface area (Å²) in [5.74, 6) is -0.887. The lowest BCUT2D eigenvalue weighted by atomic mass is 10.0. The van der Waals surface area contributed by atoms with Gasteiger partial charge in [-0.1, -0.05) is 6.07 Å². The molecule has 1 rings (SSSR count). The van der Waals surface area contributed by atoms with Gasteiger partial charge in [-0.3, -0.25) is 4.79 Å². The molecule has 1 aromatic carbocycles. The maximum absolute atomic E-state index is 11.8. The van der Waals surface area contributed by atoms with Gasteiger partial charge in [-0.05, 0) is 24.7 Å². The van der Waals surface area contributed by atoms with Crippen LogP contribution >= 0.6 is 0 Å². The number of carbonyl (C=O) groups is 1. The molecule has 0 heterocycles. The Morgan fingerprint density at radius 1 is 1.28 bits per heavy atom. The highest BCUT2D eigenvalue weighted by atomic mass is 16.3. The molecule has 0 radical (unpaired) electrons. The number of benzene rings is 1. The number of likely N-dealkylation sites (N-methyl/N-ethyl adjacent to an activating group) is 2. The Bertz CT molecular complexity index is 434. The summed E-state index contributed by atoms with van der Waals surface area (Å²) in [6.45, 7) is 0. The van der Waals surface area contributed by atoms with Crippen LogP contribution < -0.4 is 5.32 Å². The maximum Gasteiger partial charge on any atom is 0.242 e. The topological polar surface area (TPSA) is 93.0 Å². The minimum Gasteiger partial charge on any atom is -0.504 e. The lowest BCUT2D eigenvalue weighted by Crippen LogP contribution is -2.45. The number of aliphatic hydroxyl groups excluding tert-OH is 1. The molecule has 2 atom stereocenters. The van der Waals surface area contributed by atoms with Gasteiger partial charge in [0.2, 0.25) is 5.91 Å².